The quantitative estimate of drug-likeness (QED) is 0.349. The monoisotopic (exact) mass is 472 g/mol. The van der Waals surface area contributed by atoms with Crippen molar-refractivity contribution >= 4 is 52.6 Å². The SMILES string of the molecule is CN=C(NCCc1c[nH]c2cccc(C)c12)NC1CCC(SC)C1.I. The molecule has 3 N–H and O–H groups in total. The van der Waals surface area contributed by atoms with Crippen molar-refractivity contribution in [2.45, 2.75) is 43.9 Å². The summed E-state index contributed by atoms with van der Waals surface area (Å²) < 4.78 is 0. The van der Waals surface area contributed by atoms with Crippen molar-refractivity contribution in [2.75, 3.05) is 19.8 Å². The number of hydrogen-bond donors (Lipinski definition) is 3. The number of guanidine groups is 1. The molecule has 0 amide bonds. The number of hydrogen-bond acceptors (Lipinski definition) is 2. The summed E-state index contributed by atoms with van der Waals surface area (Å²) in [7, 11) is 1.85. The molecule has 1 aromatic carbocycles. The highest BCUT2D eigenvalue weighted by Gasteiger charge is 2.24. The fourth-order valence-corrected chi connectivity index (χ4v) is 4.43. The third kappa shape index (κ3) is 5.06. The minimum atomic E-state index is 0. The number of aryl methyl sites for hydroxylation is 1. The Morgan fingerprint density at radius 2 is 2.20 bits per heavy atom. The van der Waals surface area contributed by atoms with Gasteiger partial charge in [0.2, 0.25) is 0 Å². The molecule has 6 heteroatoms. The molecule has 0 aliphatic heterocycles. The first kappa shape index (κ1) is 20.4. The Morgan fingerprint density at radius 3 is 2.92 bits per heavy atom. The molecule has 2 atom stereocenters. The van der Waals surface area contributed by atoms with Gasteiger partial charge in [0, 0.05) is 42.0 Å². The van der Waals surface area contributed by atoms with Crippen LogP contribution in [-0.2, 0) is 6.42 Å². The van der Waals surface area contributed by atoms with Crippen molar-refractivity contribution < 1.29 is 0 Å². The van der Waals surface area contributed by atoms with Crippen LogP contribution in [0.2, 0.25) is 0 Å². The fourth-order valence-electron chi connectivity index (χ4n) is 3.64. The van der Waals surface area contributed by atoms with E-state index in [1.54, 1.807) is 0 Å². The minimum Gasteiger partial charge on any atom is -0.361 e. The average Bonchev–Trinajstić information content (AvgIpc) is 3.21. The van der Waals surface area contributed by atoms with E-state index in [4.69, 9.17) is 0 Å². The number of aromatic amines is 1. The number of aliphatic imine (C=N–C) groups is 1. The Bertz CT molecular complexity index is 713. The summed E-state index contributed by atoms with van der Waals surface area (Å²) in [6.45, 7) is 3.06. The standard InChI is InChI=1S/C19H28N4S.HI/c1-13-5-4-6-17-18(13)14(12-22-17)9-10-21-19(20-2)23-15-7-8-16(11-15)24-3;/h4-6,12,15-16,22H,7-11H2,1-3H3,(H2,20,21,23);1H. The molecule has 0 saturated heterocycles. The van der Waals surface area contributed by atoms with Crippen LogP contribution in [0.4, 0.5) is 0 Å². The predicted molar refractivity (Wildman–Crippen MR) is 122 cm³/mol. The highest BCUT2D eigenvalue weighted by molar-refractivity contribution is 14.0. The zero-order chi connectivity index (χ0) is 16.9. The van der Waals surface area contributed by atoms with Crippen LogP contribution >= 0.6 is 35.7 Å². The number of aromatic nitrogens is 1. The molecule has 3 rings (SSSR count). The van der Waals surface area contributed by atoms with Gasteiger partial charge < -0.3 is 15.6 Å². The molecule has 0 radical (unpaired) electrons. The number of thioether (sulfide) groups is 1. The molecule has 1 aliphatic carbocycles. The van der Waals surface area contributed by atoms with Crippen molar-refractivity contribution in [3.05, 3.63) is 35.5 Å². The van der Waals surface area contributed by atoms with Gasteiger partial charge in [-0.25, -0.2) is 0 Å². The van der Waals surface area contributed by atoms with Crippen LogP contribution in [0.25, 0.3) is 10.9 Å². The lowest BCUT2D eigenvalue weighted by Crippen LogP contribution is -2.43. The summed E-state index contributed by atoms with van der Waals surface area (Å²) in [6.07, 6.45) is 9.13. The zero-order valence-electron chi connectivity index (χ0n) is 15.3. The molecule has 1 aromatic heterocycles. The molecule has 0 bridgehead atoms. The van der Waals surface area contributed by atoms with Crippen LogP contribution in [0.15, 0.2) is 29.4 Å². The van der Waals surface area contributed by atoms with Gasteiger partial charge in [-0.15, -0.1) is 24.0 Å². The first-order valence-corrected chi connectivity index (χ1v) is 10.1. The summed E-state index contributed by atoms with van der Waals surface area (Å²) in [5.74, 6) is 0.929. The lowest BCUT2D eigenvalue weighted by atomic mass is 10.1. The van der Waals surface area contributed by atoms with E-state index in [0.29, 0.717) is 6.04 Å². The third-order valence-corrected chi connectivity index (χ3v) is 6.06. The molecular formula is C19H29IN4S. The number of benzene rings is 1. The van der Waals surface area contributed by atoms with Crippen LogP contribution in [0.5, 0.6) is 0 Å². The average molecular weight is 472 g/mol. The Hall–Kier alpha value is -0.890. The molecular weight excluding hydrogens is 443 g/mol. The van der Waals surface area contributed by atoms with E-state index in [0.717, 1.165) is 24.2 Å². The number of rotatable bonds is 5. The minimum absolute atomic E-state index is 0. The molecule has 1 saturated carbocycles. The van der Waals surface area contributed by atoms with Gasteiger partial charge in [-0.05, 0) is 56.1 Å². The van der Waals surface area contributed by atoms with Gasteiger partial charge in [0.25, 0.3) is 0 Å². The number of nitrogens with zero attached hydrogens (tertiary/aromatic N) is 1. The summed E-state index contributed by atoms with van der Waals surface area (Å²) in [5, 5.41) is 9.21. The number of H-pyrrole nitrogens is 1. The van der Waals surface area contributed by atoms with Gasteiger partial charge in [0.05, 0.1) is 0 Å². The first-order valence-electron chi connectivity index (χ1n) is 8.76. The second-order valence-corrected chi connectivity index (χ2v) is 7.71. The van der Waals surface area contributed by atoms with E-state index in [1.807, 2.05) is 18.8 Å². The lowest BCUT2D eigenvalue weighted by Gasteiger charge is -2.17. The Labute approximate surface area is 172 Å². The molecule has 4 nitrogen and oxygen atoms in total. The van der Waals surface area contributed by atoms with Gasteiger partial charge in [-0.2, -0.15) is 11.8 Å². The number of nitrogens with one attached hydrogen (secondary N) is 3. The van der Waals surface area contributed by atoms with Crippen LogP contribution in [0.1, 0.15) is 30.4 Å². The topological polar surface area (TPSA) is 52.2 Å². The van der Waals surface area contributed by atoms with Gasteiger partial charge in [-0.3, -0.25) is 4.99 Å². The smallest absolute Gasteiger partial charge is 0.191 e. The molecule has 1 fully saturated rings. The second-order valence-electron chi connectivity index (χ2n) is 6.57. The van der Waals surface area contributed by atoms with Crippen molar-refractivity contribution in [1.82, 2.24) is 15.6 Å². The molecule has 138 valence electrons. The van der Waals surface area contributed by atoms with E-state index >= 15 is 0 Å². The molecule has 0 spiro atoms. The highest BCUT2D eigenvalue weighted by Crippen LogP contribution is 2.28. The first-order chi connectivity index (χ1) is 11.7. The molecule has 25 heavy (non-hydrogen) atoms. The maximum absolute atomic E-state index is 4.38. The fraction of sp³-hybridized carbons (Fsp3) is 0.526. The highest BCUT2D eigenvalue weighted by atomic mass is 127. The summed E-state index contributed by atoms with van der Waals surface area (Å²) in [6, 6.07) is 6.98. The van der Waals surface area contributed by atoms with Gasteiger partial charge in [-0.1, -0.05) is 12.1 Å². The van der Waals surface area contributed by atoms with Gasteiger partial charge in [0.15, 0.2) is 5.96 Å². The summed E-state index contributed by atoms with van der Waals surface area (Å²) in [4.78, 5) is 7.76. The summed E-state index contributed by atoms with van der Waals surface area (Å²) in [5.41, 5.74) is 3.93. The number of halogens is 1. The van der Waals surface area contributed by atoms with Crippen molar-refractivity contribution in [2.24, 2.45) is 4.99 Å². The second kappa shape index (κ2) is 9.71. The Kier molecular flexibility index (Phi) is 7.93. The van der Waals surface area contributed by atoms with E-state index in [2.05, 4.69) is 58.2 Å². The van der Waals surface area contributed by atoms with E-state index in [9.17, 15) is 0 Å². The maximum atomic E-state index is 4.38. The van der Waals surface area contributed by atoms with E-state index < -0.39 is 0 Å². The van der Waals surface area contributed by atoms with Crippen LogP contribution in [0, 0.1) is 6.92 Å². The van der Waals surface area contributed by atoms with Crippen LogP contribution < -0.4 is 10.6 Å². The van der Waals surface area contributed by atoms with Gasteiger partial charge >= 0.3 is 0 Å². The van der Waals surface area contributed by atoms with Crippen molar-refractivity contribution in [3.8, 4) is 0 Å². The predicted octanol–water partition coefficient (Wildman–Crippen LogP) is 4.09. The number of fused-ring (bicyclic) bond motifs is 1. The van der Waals surface area contributed by atoms with Crippen molar-refractivity contribution in [3.63, 3.8) is 0 Å². The van der Waals surface area contributed by atoms with Crippen molar-refractivity contribution in [1.29, 1.82) is 0 Å². The third-order valence-electron chi connectivity index (χ3n) is 4.96. The molecule has 2 unspecified atom stereocenters. The lowest BCUT2D eigenvalue weighted by molar-refractivity contribution is 0.615. The van der Waals surface area contributed by atoms with E-state index in [1.165, 1.54) is 41.3 Å². The van der Waals surface area contributed by atoms with E-state index in [-0.39, 0.29) is 24.0 Å². The van der Waals surface area contributed by atoms with Gasteiger partial charge in [0.1, 0.15) is 0 Å². The largest absolute Gasteiger partial charge is 0.361 e. The Morgan fingerprint density at radius 1 is 1.36 bits per heavy atom. The van der Waals surface area contributed by atoms with Crippen LogP contribution in [0.3, 0.4) is 0 Å². The zero-order valence-corrected chi connectivity index (χ0v) is 18.4. The van der Waals surface area contributed by atoms with Crippen LogP contribution in [-0.4, -0.2) is 42.1 Å². The normalized spacial score (nSPS) is 20.5. The summed E-state index contributed by atoms with van der Waals surface area (Å²) >= 11 is 1.99. The maximum Gasteiger partial charge on any atom is 0.191 e. The molecule has 2 aromatic rings. The molecule has 1 aliphatic rings. The Balaban J connectivity index is 0.00000225. The molecule has 1 heterocycles.